The van der Waals surface area contributed by atoms with Gasteiger partial charge in [-0.2, -0.15) is 5.06 Å². The Kier molecular flexibility index (Phi) is 6.98. The van der Waals surface area contributed by atoms with Gasteiger partial charge < -0.3 is 21.1 Å². The van der Waals surface area contributed by atoms with E-state index in [4.69, 9.17) is 10.8 Å². The fraction of sp³-hybridized carbons (Fsp3) is 0.538. The number of alkyl halides is 1. The first-order chi connectivity index (χ1) is 11.2. The Morgan fingerprint density at radius 2 is 2.16 bits per heavy atom. The van der Waals surface area contributed by atoms with Crippen LogP contribution in [0.1, 0.15) is 13.3 Å². The van der Waals surface area contributed by atoms with Crippen molar-refractivity contribution >= 4 is 42.7 Å². The van der Waals surface area contributed by atoms with Gasteiger partial charge in [0.25, 0.3) is 0 Å². The van der Waals surface area contributed by atoms with E-state index in [-0.39, 0.29) is 38.4 Å². The predicted molar refractivity (Wildman–Crippen MR) is 82.9 cm³/mol. The summed E-state index contributed by atoms with van der Waals surface area (Å²) in [7, 11) is 0. The number of carboxylic acids is 1. The van der Waals surface area contributed by atoms with Crippen molar-refractivity contribution in [2.75, 3.05) is 13.1 Å². The number of urea groups is 1. The van der Waals surface area contributed by atoms with Crippen molar-refractivity contribution < 1.29 is 33.5 Å². The second-order valence-corrected chi connectivity index (χ2v) is 5.41. The minimum atomic E-state index is -2.69. The third-order valence-electron chi connectivity index (χ3n) is 3.64. The maximum atomic E-state index is 13.2. The monoisotopic (exact) mass is 352 g/mol. The molecular weight excluding hydrogens is 334 g/mol. The number of amides is 4. The van der Waals surface area contributed by atoms with Crippen LogP contribution in [0.15, 0.2) is 11.6 Å². The van der Waals surface area contributed by atoms with Gasteiger partial charge in [-0.3, -0.25) is 9.59 Å². The molecule has 2 bridgehead atoms. The van der Waals surface area contributed by atoms with Gasteiger partial charge in [-0.15, -0.1) is 0 Å². The maximum absolute atomic E-state index is 13.2. The number of hydrogen-bond donors (Lipinski definition) is 3. The van der Waals surface area contributed by atoms with Crippen LogP contribution in [0.3, 0.4) is 0 Å². The number of carbonyl (C=O) groups is 4. The van der Waals surface area contributed by atoms with Gasteiger partial charge in [-0.05, 0) is 12.5 Å². The molecule has 0 aromatic rings. The molecule has 2 aliphatic heterocycles. The van der Waals surface area contributed by atoms with Crippen molar-refractivity contribution in [1.82, 2.24) is 15.3 Å². The molecule has 0 aromatic carbocycles. The summed E-state index contributed by atoms with van der Waals surface area (Å²) >= 11 is 0. The van der Waals surface area contributed by atoms with E-state index in [2.05, 4.69) is 10.2 Å². The van der Waals surface area contributed by atoms with E-state index in [1.807, 2.05) is 0 Å². The molecule has 0 aromatic heterocycles. The van der Waals surface area contributed by atoms with Crippen molar-refractivity contribution in [1.29, 1.82) is 0 Å². The number of primary amides is 1. The fourth-order valence-electron chi connectivity index (χ4n) is 2.62. The Balaban J connectivity index is 0.00000312. The number of carbonyl (C=O) groups excluding carboxylic acids is 3. The molecule has 0 radical (unpaired) electrons. The first-order valence-corrected chi connectivity index (χ1v) is 7.10. The topological polar surface area (TPSA) is 142 Å². The Hall–Kier alpha value is -2.09. The molecule has 10 nitrogen and oxygen atoms in total. The van der Waals surface area contributed by atoms with Crippen molar-refractivity contribution in [3.63, 3.8) is 0 Å². The number of hydrogen-bond acceptors (Lipinski definition) is 5. The Morgan fingerprint density at radius 1 is 1.52 bits per heavy atom. The number of nitrogens with two attached hydrogens (primary N) is 1. The average molecular weight is 352 g/mol. The Labute approximate surface area is 154 Å². The summed E-state index contributed by atoms with van der Waals surface area (Å²) in [6.07, 6.45) is -1.20. The number of aliphatic carboxylic acids is 1. The first-order valence-electron chi connectivity index (χ1n) is 7.10. The summed E-state index contributed by atoms with van der Waals surface area (Å²) in [6, 6.07) is -2.45. The average Bonchev–Trinajstić information content (AvgIpc) is 2.72. The van der Waals surface area contributed by atoms with Crippen molar-refractivity contribution in [2.24, 2.45) is 5.73 Å². The van der Waals surface area contributed by atoms with Crippen LogP contribution >= 0.6 is 0 Å². The quantitative estimate of drug-likeness (QED) is 0.360. The van der Waals surface area contributed by atoms with E-state index in [0.29, 0.717) is 10.6 Å². The summed E-state index contributed by atoms with van der Waals surface area (Å²) in [5.41, 5.74) is 5.50. The molecule has 0 spiro atoms. The van der Waals surface area contributed by atoms with Gasteiger partial charge in [-0.25, -0.2) is 18.8 Å². The number of hydroxylamine groups is 2. The second-order valence-electron chi connectivity index (χ2n) is 5.41. The third kappa shape index (κ3) is 4.50. The van der Waals surface area contributed by atoms with Gasteiger partial charge in [0.05, 0.1) is 12.6 Å². The zero-order valence-electron chi connectivity index (χ0n) is 12.8. The summed E-state index contributed by atoms with van der Waals surface area (Å²) in [5.74, 6) is -2.96. The minimum absolute atomic E-state index is 0. The molecule has 1 fully saturated rings. The molecule has 4 amide bonds. The van der Waals surface area contributed by atoms with Crippen LogP contribution in [0.25, 0.3) is 0 Å². The van der Waals surface area contributed by atoms with Crippen LogP contribution < -0.4 is 11.1 Å². The summed E-state index contributed by atoms with van der Waals surface area (Å²) in [5, 5.41) is 11.6. The van der Waals surface area contributed by atoms with E-state index >= 15 is 0 Å². The Bertz CT molecular complexity index is 615. The van der Waals surface area contributed by atoms with Crippen molar-refractivity contribution in [3.05, 3.63) is 11.6 Å². The molecule has 12 heteroatoms. The number of carboxylic acid groups (broad SMARTS) is 1. The van der Waals surface area contributed by atoms with Gasteiger partial charge in [-0.1, -0.05) is 6.08 Å². The molecular formula is C13H18FLiN4O6. The van der Waals surface area contributed by atoms with Gasteiger partial charge in [0, 0.05) is 13.0 Å². The van der Waals surface area contributed by atoms with Gasteiger partial charge in [0.15, 0.2) is 0 Å². The third-order valence-corrected chi connectivity index (χ3v) is 3.64. The van der Waals surface area contributed by atoms with Crippen molar-refractivity contribution in [3.8, 4) is 0 Å². The van der Waals surface area contributed by atoms with Gasteiger partial charge in [0.2, 0.25) is 11.8 Å². The number of fused-ring (bicyclic) bond motifs is 2. The van der Waals surface area contributed by atoms with E-state index in [9.17, 15) is 23.6 Å². The molecule has 25 heavy (non-hydrogen) atoms. The number of nitrogens with one attached hydrogen (secondary N) is 1. The van der Waals surface area contributed by atoms with E-state index < -0.39 is 42.3 Å². The molecule has 0 unspecified atom stereocenters. The zero-order chi connectivity index (χ0) is 18.0. The normalized spacial score (nSPS) is 22.8. The fourth-order valence-corrected chi connectivity index (χ4v) is 2.62. The van der Waals surface area contributed by atoms with Crippen LogP contribution in [0.2, 0.25) is 0 Å². The van der Waals surface area contributed by atoms with Crippen LogP contribution in [-0.4, -0.2) is 89.3 Å². The van der Waals surface area contributed by atoms with Crippen molar-refractivity contribution in [2.45, 2.75) is 31.8 Å². The molecule has 2 rings (SSSR count). The van der Waals surface area contributed by atoms with Gasteiger partial charge in [0.1, 0.15) is 6.04 Å². The molecule has 4 N–H and O–H groups in total. The second kappa shape index (κ2) is 8.33. The van der Waals surface area contributed by atoms with Gasteiger partial charge >= 0.3 is 37.2 Å². The van der Waals surface area contributed by atoms with Crippen LogP contribution in [0.4, 0.5) is 9.18 Å². The SMILES string of the molecule is CC1=C[C@@H]2CN(C(=O)N2O[C@@H](F)C(=O)O)[C@@H]1C(=O)NCCC(N)=O.[LiH]. The standard InChI is InChI=1S/C13H17FN4O6.Li.H/c1-6-4-7-5-17(9(6)11(20)16-3-2-8(15)19)13(23)18(7)24-10(14)12(21)22;;/h4,7,9-10H,2-3,5H2,1H3,(H2,15,19)(H,16,20)(H,21,22);;/t7-,9+,10-;;/m1../s1. The van der Waals surface area contributed by atoms with E-state index in [1.54, 1.807) is 6.92 Å². The number of nitrogens with zero attached hydrogens (tertiary/aromatic N) is 2. The molecule has 2 heterocycles. The van der Waals surface area contributed by atoms with E-state index in [1.165, 1.54) is 6.08 Å². The number of rotatable bonds is 7. The number of halogens is 1. The molecule has 0 saturated carbocycles. The summed E-state index contributed by atoms with van der Waals surface area (Å²) in [6.45, 7) is 1.68. The van der Waals surface area contributed by atoms with Crippen LogP contribution in [-0.2, 0) is 19.2 Å². The molecule has 0 aliphatic carbocycles. The van der Waals surface area contributed by atoms with E-state index in [0.717, 1.165) is 4.90 Å². The molecule has 1 saturated heterocycles. The summed E-state index contributed by atoms with van der Waals surface area (Å²) in [4.78, 5) is 51.4. The zero-order valence-corrected chi connectivity index (χ0v) is 12.8. The summed E-state index contributed by atoms with van der Waals surface area (Å²) < 4.78 is 13.2. The predicted octanol–water partition coefficient (Wildman–Crippen LogP) is -1.92. The van der Waals surface area contributed by atoms with Crippen LogP contribution in [0.5, 0.6) is 0 Å². The Morgan fingerprint density at radius 3 is 2.72 bits per heavy atom. The molecule has 134 valence electrons. The molecule has 3 atom stereocenters. The van der Waals surface area contributed by atoms with Crippen LogP contribution in [0, 0.1) is 0 Å². The first kappa shape index (κ1) is 21.0. The molecule has 2 aliphatic rings.